The summed E-state index contributed by atoms with van der Waals surface area (Å²) in [5.74, 6) is 0. The van der Waals surface area contributed by atoms with Gasteiger partial charge in [-0.05, 0) is 59.9 Å². The molecular formula is C20H23N. The van der Waals surface area contributed by atoms with E-state index in [0.717, 1.165) is 12.8 Å². The lowest BCUT2D eigenvalue weighted by Crippen LogP contribution is -1.98. The summed E-state index contributed by atoms with van der Waals surface area (Å²) in [6.45, 7) is 4.42. The summed E-state index contributed by atoms with van der Waals surface area (Å²) in [4.78, 5) is 0. The van der Waals surface area contributed by atoms with Crippen molar-refractivity contribution in [3.8, 4) is 11.1 Å². The highest BCUT2D eigenvalue weighted by Crippen LogP contribution is 2.29. The maximum Gasteiger partial charge on any atom is -0.00625 e. The first-order chi connectivity index (χ1) is 10.3. The van der Waals surface area contributed by atoms with Crippen molar-refractivity contribution in [2.75, 3.05) is 0 Å². The first kappa shape index (κ1) is 15.1. The molecule has 2 aromatic rings. The van der Waals surface area contributed by atoms with E-state index in [0.29, 0.717) is 0 Å². The van der Waals surface area contributed by atoms with Crippen LogP contribution in [0.2, 0.25) is 0 Å². The molecule has 2 N–H and O–H groups in total. The summed E-state index contributed by atoms with van der Waals surface area (Å²) in [6.07, 6.45) is 9.59. The molecule has 0 amide bonds. The molecule has 0 atom stereocenters. The van der Waals surface area contributed by atoms with Gasteiger partial charge in [0.25, 0.3) is 0 Å². The second-order valence-corrected chi connectivity index (χ2v) is 5.12. The van der Waals surface area contributed by atoms with Crippen LogP contribution in [-0.2, 0) is 12.8 Å². The van der Waals surface area contributed by atoms with Crippen LogP contribution in [0.25, 0.3) is 11.1 Å². The zero-order valence-corrected chi connectivity index (χ0v) is 12.8. The summed E-state index contributed by atoms with van der Waals surface area (Å²) in [5.41, 5.74) is 12.2. The lowest BCUT2D eigenvalue weighted by atomic mass is 9.89. The number of benzene rings is 2. The van der Waals surface area contributed by atoms with Crippen molar-refractivity contribution < 1.29 is 0 Å². The molecule has 2 rings (SSSR count). The van der Waals surface area contributed by atoms with E-state index in [-0.39, 0.29) is 0 Å². The van der Waals surface area contributed by atoms with Crippen molar-refractivity contribution in [1.82, 2.24) is 0 Å². The fourth-order valence-electron chi connectivity index (χ4n) is 2.71. The van der Waals surface area contributed by atoms with Gasteiger partial charge in [-0.2, -0.15) is 0 Å². The molecule has 2 aromatic carbocycles. The van der Waals surface area contributed by atoms with E-state index in [1.54, 1.807) is 6.20 Å². The number of aryl methyl sites for hydroxylation is 1. The summed E-state index contributed by atoms with van der Waals surface area (Å²) < 4.78 is 0. The largest absolute Gasteiger partial charge is 0.405 e. The summed E-state index contributed by atoms with van der Waals surface area (Å²) in [5, 5.41) is 0. The summed E-state index contributed by atoms with van der Waals surface area (Å²) >= 11 is 0. The fraction of sp³-hybridized carbons (Fsp3) is 0.200. The average molecular weight is 277 g/mol. The number of rotatable bonds is 5. The first-order valence-corrected chi connectivity index (χ1v) is 7.48. The van der Waals surface area contributed by atoms with Gasteiger partial charge in [0.2, 0.25) is 0 Å². The van der Waals surface area contributed by atoms with Crippen LogP contribution < -0.4 is 5.73 Å². The number of hydrogen-bond acceptors (Lipinski definition) is 1. The van der Waals surface area contributed by atoms with Crippen LogP contribution in [0.15, 0.2) is 66.9 Å². The zero-order valence-electron chi connectivity index (χ0n) is 12.8. The van der Waals surface area contributed by atoms with Crippen molar-refractivity contribution in [2.24, 2.45) is 5.73 Å². The molecule has 0 aliphatic carbocycles. The topological polar surface area (TPSA) is 26.0 Å². The zero-order chi connectivity index (χ0) is 15.1. The van der Waals surface area contributed by atoms with E-state index in [1.807, 2.05) is 12.2 Å². The Morgan fingerprint density at radius 3 is 2.38 bits per heavy atom. The minimum Gasteiger partial charge on any atom is -0.405 e. The highest BCUT2D eigenvalue weighted by molar-refractivity contribution is 5.69. The van der Waals surface area contributed by atoms with Gasteiger partial charge in [0.1, 0.15) is 0 Å². The Bertz CT molecular complexity index is 636. The molecule has 0 aliphatic rings. The molecular weight excluding hydrogens is 254 g/mol. The number of allylic oxidation sites excluding steroid dienone is 3. The van der Waals surface area contributed by atoms with Gasteiger partial charge in [0.15, 0.2) is 0 Å². The van der Waals surface area contributed by atoms with Crippen molar-refractivity contribution in [1.29, 1.82) is 0 Å². The van der Waals surface area contributed by atoms with Gasteiger partial charge in [-0.1, -0.05) is 61.5 Å². The molecule has 1 heteroatoms. The third kappa shape index (κ3) is 3.63. The minimum absolute atomic E-state index is 0.944. The quantitative estimate of drug-likeness (QED) is 0.781. The van der Waals surface area contributed by atoms with Gasteiger partial charge in [-0.3, -0.25) is 0 Å². The third-order valence-corrected chi connectivity index (χ3v) is 3.78. The van der Waals surface area contributed by atoms with Crippen LogP contribution in [0.3, 0.4) is 0 Å². The molecule has 0 unspecified atom stereocenters. The van der Waals surface area contributed by atoms with Gasteiger partial charge in [-0.25, -0.2) is 0 Å². The van der Waals surface area contributed by atoms with E-state index in [2.05, 4.69) is 62.4 Å². The molecule has 0 spiro atoms. The molecule has 0 fully saturated rings. The molecule has 0 heterocycles. The molecule has 1 nitrogen and oxygen atoms in total. The average Bonchev–Trinajstić information content (AvgIpc) is 2.53. The van der Waals surface area contributed by atoms with Crippen molar-refractivity contribution >= 4 is 0 Å². The predicted molar refractivity (Wildman–Crippen MR) is 92.2 cm³/mol. The SMILES string of the molecule is CCc1c(-c2ccccc2)ccc(C)c1C/C=C\C=C/N. The number of nitrogens with two attached hydrogens (primary N) is 1. The Morgan fingerprint density at radius 2 is 1.71 bits per heavy atom. The summed E-state index contributed by atoms with van der Waals surface area (Å²) in [6, 6.07) is 15.1. The van der Waals surface area contributed by atoms with Crippen LogP contribution in [0.1, 0.15) is 23.6 Å². The maximum atomic E-state index is 5.36. The van der Waals surface area contributed by atoms with Gasteiger partial charge in [0.05, 0.1) is 0 Å². The van der Waals surface area contributed by atoms with Crippen LogP contribution in [0, 0.1) is 6.92 Å². The second kappa shape index (κ2) is 7.49. The molecule has 0 radical (unpaired) electrons. The van der Waals surface area contributed by atoms with Crippen LogP contribution in [-0.4, -0.2) is 0 Å². The third-order valence-electron chi connectivity index (χ3n) is 3.78. The molecule has 0 saturated heterocycles. The maximum absolute atomic E-state index is 5.36. The van der Waals surface area contributed by atoms with Gasteiger partial charge < -0.3 is 5.73 Å². The molecule has 21 heavy (non-hydrogen) atoms. The highest BCUT2D eigenvalue weighted by atomic mass is 14.5. The lowest BCUT2D eigenvalue weighted by Gasteiger charge is -2.15. The van der Waals surface area contributed by atoms with Crippen molar-refractivity contribution in [3.63, 3.8) is 0 Å². The standard InChI is InChI=1S/C20H23N/c1-3-18-19(12-8-5-9-15-21)16(2)13-14-20(18)17-10-6-4-7-11-17/h4-11,13-15H,3,12,21H2,1-2H3/b8-5-,15-9-. The van der Waals surface area contributed by atoms with Crippen LogP contribution in [0.4, 0.5) is 0 Å². The molecule has 0 aliphatic heterocycles. The van der Waals surface area contributed by atoms with Crippen molar-refractivity contribution in [2.45, 2.75) is 26.7 Å². The Balaban J connectivity index is 2.44. The van der Waals surface area contributed by atoms with Gasteiger partial charge in [0, 0.05) is 0 Å². The summed E-state index contributed by atoms with van der Waals surface area (Å²) in [7, 11) is 0. The van der Waals surface area contributed by atoms with Crippen molar-refractivity contribution in [3.05, 3.63) is 83.6 Å². The van der Waals surface area contributed by atoms with E-state index in [1.165, 1.54) is 27.8 Å². The van der Waals surface area contributed by atoms with Crippen LogP contribution in [0.5, 0.6) is 0 Å². The van der Waals surface area contributed by atoms with E-state index < -0.39 is 0 Å². The molecule has 108 valence electrons. The smallest absolute Gasteiger partial charge is 0.00625 e. The molecule has 0 aromatic heterocycles. The monoisotopic (exact) mass is 277 g/mol. The van der Waals surface area contributed by atoms with Gasteiger partial charge in [-0.15, -0.1) is 0 Å². The van der Waals surface area contributed by atoms with E-state index in [9.17, 15) is 0 Å². The lowest BCUT2D eigenvalue weighted by molar-refractivity contribution is 1.06. The van der Waals surface area contributed by atoms with Crippen LogP contribution >= 0.6 is 0 Å². The Labute approximate surface area is 127 Å². The van der Waals surface area contributed by atoms with E-state index in [4.69, 9.17) is 5.73 Å². The highest BCUT2D eigenvalue weighted by Gasteiger charge is 2.10. The Kier molecular flexibility index (Phi) is 5.39. The van der Waals surface area contributed by atoms with Gasteiger partial charge >= 0.3 is 0 Å². The predicted octanol–water partition coefficient (Wildman–Crippen LogP) is 4.80. The minimum atomic E-state index is 0.944. The molecule has 0 bridgehead atoms. The Hall–Kier alpha value is -2.28. The fourth-order valence-corrected chi connectivity index (χ4v) is 2.71. The first-order valence-electron chi connectivity index (χ1n) is 7.48. The normalized spacial score (nSPS) is 11.5. The van der Waals surface area contributed by atoms with E-state index >= 15 is 0 Å². The Morgan fingerprint density at radius 1 is 0.952 bits per heavy atom. The second-order valence-electron chi connectivity index (χ2n) is 5.12. The molecule has 0 saturated carbocycles. The number of hydrogen-bond donors (Lipinski definition) is 1.